The standard InChI is InChI=1S/C52H84O23/c1-7-26(56)28-16-22(2)52(75-28)15-14-49(5)25-8-9-31-48(4,24(25)10-13-50(49,52)6)12-11-32(51(31,20-54)21-55)72-45-41(66)38(63)36(61)30(71-45)19-68-46-42(34(59)27(57)18-67-46)74-47-43(39(64)35(60)29(17-53)70-47)73-44-40(65)37(62)33(58)23(3)69-44/h22-23,27-47,53-55,57-66H,7-21H2,1-6H3/t22-,23+,27-,28+,29-,30-,31-,32+,33+,34-,35-,36-,37-,38+,39+,40-,41-,42+,43-,44+,45+,46-,47+,48-,49+,50+,52+/m1/s1. The first-order valence-corrected chi connectivity index (χ1v) is 27.1. The number of allylic oxidation sites excluding steroid dienone is 2. The highest BCUT2D eigenvalue weighted by Crippen LogP contribution is 2.75. The molecule has 9 aliphatic rings. The van der Waals surface area contributed by atoms with Gasteiger partial charge in [0.05, 0.1) is 50.8 Å². The van der Waals surface area contributed by atoms with E-state index in [1.54, 1.807) is 0 Å². The Hall–Kier alpha value is -1.47. The van der Waals surface area contributed by atoms with E-state index in [9.17, 15) is 71.2 Å². The Morgan fingerprint density at radius 3 is 1.93 bits per heavy atom. The van der Waals surface area contributed by atoms with Gasteiger partial charge in [-0.1, -0.05) is 45.8 Å². The summed E-state index contributed by atoms with van der Waals surface area (Å²) in [7, 11) is 0. The molecule has 0 amide bonds. The van der Waals surface area contributed by atoms with Crippen molar-refractivity contribution < 1.29 is 114 Å². The second-order valence-electron chi connectivity index (χ2n) is 24.0. The van der Waals surface area contributed by atoms with E-state index in [2.05, 4.69) is 27.7 Å². The molecule has 0 radical (unpaired) electrons. The fourth-order valence-electron chi connectivity index (χ4n) is 15.7. The van der Waals surface area contributed by atoms with Crippen LogP contribution in [0.2, 0.25) is 0 Å². The maximum absolute atomic E-state index is 13.0. The number of ketones is 1. The van der Waals surface area contributed by atoms with Crippen LogP contribution in [0, 0.1) is 33.5 Å². The number of hydrogen-bond donors (Lipinski definition) is 13. The number of Topliss-reactive ketones (excluding diaryl/α,β-unsaturated/α-hetero) is 1. The number of fused-ring (bicyclic) bond motifs is 5. The molecule has 2 saturated carbocycles. The number of ether oxygens (including phenoxy) is 9. The fraction of sp³-hybridized carbons (Fsp3) is 0.942. The summed E-state index contributed by atoms with van der Waals surface area (Å²) < 4.78 is 54.5. The number of aliphatic hydroxyl groups excluding tert-OH is 13. The van der Waals surface area contributed by atoms with Crippen molar-refractivity contribution in [1.82, 2.24) is 0 Å². The molecule has 7 fully saturated rings. The SMILES string of the molecule is CCC(=O)[C@@H]1C[C@@H](C)[C@]2(CC[C@@]3(C)C4=C(CC[C@@]32C)[C@@]2(C)CC[C@H](O[C@@H]3O[C@H](CO[C@H]5OC[C@@H](O)[C@@H](O)[C@@H]5O[C@@H]5O[C@H](CO)[C@@H](O)[C@H](O)[C@H]5O[C@@H]5O[C@@H](C)[C@H](O)[C@@H](O)[C@H]5O)[C@@H](O)[C@H](O)[C@H]3O)C(CO)(CO)[C@@H]2CC4)O1. The summed E-state index contributed by atoms with van der Waals surface area (Å²) in [6.45, 7) is 9.55. The lowest BCUT2D eigenvalue weighted by Gasteiger charge is -2.64. The minimum absolute atomic E-state index is 0.146. The lowest BCUT2D eigenvalue weighted by Crippen LogP contribution is -2.66. The van der Waals surface area contributed by atoms with Crippen molar-refractivity contribution in [1.29, 1.82) is 0 Å². The van der Waals surface area contributed by atoms with Gasteiger partial charge in [-0.25, -0.2) is 0 Å². The summed E-state index contributed by atoms with van der Waals surface area (Å²) in [5, 5.41) is 142. The van der Waals surface area contributed by atoms with Crippen molar-refractivity contribution in [3.8, 4) is 0 Å². The Bertz CT molecular complexity index is 2040. The molecule has 4 aliphatic carbocycles. The average Bonchev–Trinajstić information content (AvgIpc) is 3.89. The van der Waals surface area contributed by atoms with Crippen molar-refractivity contribution in [2.24, 2.45) is 33.5 Å². The molecule has 5 heterocycles. The molecule has 0 aromatic carbocycles. The third kappa shape index (κ3) is 9.25. The van der Waals surface area contributed by atoms with Crippen LogP contribution in [0.5, 0.6) is 0 Å². The summed E-state index contributed by atoms with van der Waals surface area (Å²) in [5.41, 5.74) is 0.212. The minimum Gasteiger partial charge on any atom is -0.396 e. The van der Waals surface area contributed by atoms with E-state index in [-0.39, 0.29) is 28.4 Å². The van der Waals surface area contributed by atoms with Gasteiger partial charge in [-0.15, -0.1) is 0 Å². The van der Waals surface area contributed by atoms with Gasteiger partial charge < -0.3 is 109 Å². The molecule has 0 aromatic rings. The Balaban J connectivity index is 0.903. The van der Waals surface area contributed by atoms with Crippen molar-refractivity contribution in [3.05, 3.63) is 11.1 Å². The molecule has 0 bridgehead atoms. The Morgan fingerprint density at radius 1 is 0.640 bits per heavy atom. The lowest BCUT2D eigenvalue weighted by molar-refractivity contribution is -0.390. The third-order valence-electron chi connectivity index (χ3n) is 20.5. The predicted molar refractivity (Wildman–Crippen MR) is 254 cm³/mol. The second kappa shape index (κ2) is 21.8. The summed E-state index contributed by atoms with van der Waals surface area (Å²) in [4.78, 5) is 13.0. The lowest BCUT2D eigenvalue weighted by atomic mass is 9.42. The first kappa shape index (κ1) is 58.2. The van der Waals surface area contributed by atoms with Crippen LogP contribution in [0.3, 0.4) is 0 Å². The van der Waals surface area contributed by atoms with Crippen molar-refractivity contribution in [2.75, 3.05) is 33.0 Å². The normalized spacial score (nSPS) is 52.9. The zero-order chi connectivity index (χ0) is 54.5. The molecule has 0 aromatic heterocycles. The molecule has 13 N–H and O–H groups in total. The van der Waals surface area contributed by atoms with Crippen LogP contribution in [0.4, 0.5) is 0 Å². The summed E-state index contributed by atoms with van der Waals surface area (Å²) in [6, 6.07) is 0. The molecule has 5 aliphatic heterocycles. The Kier molecular flexibility index (Phi) is 16.9. The van der Waals surface area contributed by atoms with E-state index in [0.29, 0.717) is 25.7 Å². The number of hydrogen-bond acceptors (Lipinski definition) is 23. The summed E-state index contributed by atoms with van der Waals surface area (Å²) in [5.74, 6) is 0.0832. The van der Waals surface area contributed by atoms with Crippen LogP contribution in [-0.2, 0) is 47.4 Å². The van der Waals surface area contributed by atoms with Crippen LogP contribution in [0.1, 0.15) is 106 Å². The molecular weight excluding hydrogens is 993 g/mol. The molecule has 9 rings (SSSR count). The van der Waals surface area contributed by atoms with E-state index in [1.807, 2.05) is 6.92 Å². The van der Waals surface area contributed by atoms with E-state index < -0.39 is 178 Å². The van der Waals surface area contributed by atoms with Crippen LogP contribution in [-0.4, -0.2) is 240 Å². The molecule has 27 atom stereocenters. The van der Waals surface area contributed by atoms with Gasteiger partial charge in [-0.05, 0) is 87.4 Å². The fourth-order valence-corrected chi connectivity index (χ4v) is 15.7. The van der Waals surface area contributed by atoms with Gasteiger partial charge in [0.25, 0.3) is 0 Å². The molecule has 0 unspecified atom stereocenters. The molecule has 23 heteroatoms. The van der Waals surface area contributed by atoms with Gasteiger partial charge >= 0.3 is 0 Å². The molecule has 1 spiro atoms. The van der Waals surface area contributed by atoms with Gasteiger partial charge in [0.1, 0.15) is 91.6 Å². The topological polar surface area (TPSA) is 363 Å². The number of carbonyl (C=O) groups excluding carboxylic acids is 1. The largest absolute Gasteiger partial charge is 0.396 e. The van der Waals surface area contributed by atoms with Gasteiger partial charge in [0, 0.05) is 17.3 Å². The monoisotopic (exact) mass is 1080 g/mol. The van der Waals surface area contributed by atoms with Gasteiger partial charge in [-0.2, -0.15) is 0 Å². The van der Waals surface area contributed by atoms with Crippen molar-refractivity contribution in [3.63, 3.8) is 0 Å². The maximum atomic E-state index is 13.0. The first-order valence-electron chi connectivity index (χ1n) is 27.1. The molecular formula is C52H84O23. The van der Waals surface area contributed by atoms with E-state index >= 15 is 0 Å². The van der Waals surface area contributed by atoms with Gasteiger partial charge in [0.15, 0.2) is 30.9 Å². The highest BCUT2D eigenvalue weighted by Gasteiger charge is 2.72. The zero-order valence-electron chi connectivity index (χ0n) is 43.8. The highest BCUT2D eigenvalue weighted by molar-refractivity contribution is 5.83. The molecule has 430 valence electrons. The van der Waals surface area contributed by atoms with E-state index in [0.717, 1.165) is 38.5 Å². The number of rotatable bonds is 14. The highest BCUT2D eigenvalue weighted by atomic mass is 16.8. The average molecular weight is 1080 g/mol. The first-order chi connectivity index (χ1) is 35.4. The second-order valence-corrected chi connectivity index (χ2v) is 24.0. The maximum Gasteiger partial charge on any atom is 0.187 e. The third-order valence-corrected chi connectivity index (χ3v) is 20.5. The van der Waals surface area contributed by atoms with Gasteiger partial charge in [0.2, 0.25) is 0 Å². The Morgan fingerprint density at radius 2 is 1.27 bits per heavy atom. The van der Waals surface area contributed by atoms with Crippen molar-refractivity contribution in [2.45, 2.75) is 240 Å². The van der Waals surface area contributed by atoms with Crippen LogP contribution >= 0.6 is 0 Å². The van der Waals surface area contributed by atoms with Crippen LogP contribution in [0.25, 0.3) is 0 Å². The van der Waals surface area contributed by atoms with E-state index in [1.165, 1.54) is 18.1 Å². The number of aliphatic hydroxyl groups is 13. The van der Waals surface area contributed by atoms with E-state index in [4.69, 9.17) is 42.6 Å². The van der Waals surface area contributed by atoms with Crippen LogP contribution in [0.15, 0.2) is 11.1 Å². The number of carbonyl (C=O) groups is 1. The zero-order valence-corrected chi connectivity index (χ0v) is 43.8. The van der Waals surface area contributed by atoms with Crippen molar-refractivity contribution >= 4 is 5.78 Å². The Labute approximate surface area is 436 Å². The smallest absolute Gasteiger partial charge is 0.187 e. The molecule has 23 nitrogen and oxygen atoms in total. The summed E-state index contributed by atoms with van der Waals surface area (Å²) >= 11 is 0. The predicted octanol–water partition coefficient (Wildman–Crippen LogP) is -2.47. The van der Waals surface area contributed by atoms with Gasteiger partial charge in [-0.3, -0.25) is 4.79 Å². The summed E-state index contributed by atoms with van der Waals surface area (Å²) in [6.07, 6.45) is -26.5. The molecule has 5 saturated heterocycles. The molecule has 75 heavy (non-hydrogen) atoms. The van der Waals surface area contributed by atoms with Crippen LogP contribution < -0.4 is 0 Å². The minimum atomic E-state index is -1.92. The quantitative estimate of drug-likeness (QED) is 0.0802.